The van der Waals surface area contributed by atoms with E-state index in [0.717, 1.165) is 13.2 Å². The average Bonchev–Trinajstić information content (AvgIpc) is 2.35. The lowest BCUT2D eigenvalue weighted by molar-refractivity contribution is -0.139. The summed E-state index contributed by atoms with van der Waals surface area (Å²) in [5, 5.41) is 3.36. The van der Waals surface area contributed by atoms with E-state index in [9.17, 15) is 18.0 Å². The van der Waals surface area contributed by atoms with E-state index in [4.69, 9.17) is 0 Å². The molecule has 96 valence electrons. The highest BCUT2D eigenvalue weighted by molar-refractivity contribution is 6.37. The molecule has 0 unspecified atom stereocenters. The van der Waals surface area contributed by atoms with Gasteiger partial charge < -0.3 is 9.57 Å². The number of hydrogen-bond acceptors (Lipinski definition) is 4. The standard InChI is InChI=1S/C11H8F3NO3/c1-17-10(16)8-5-6-3-2-4-7(11(12,13)14)9(6)18-15-8/h2-4H,5H2,1H3. The number of hydrogen-bond donors (Lipinski definition) is 0. The fourth-order valence-corrected chi connectivity index (χ4v) is 1.60. The van der Waals surface area contributed by atoms with Crippen LogP contribution in [0.3, 0.4) is 0 Å². The fraction of sp³-hybridized carbons (Fsp3) is 0.273. The predicted molar refractivity (Wildman–Crippen MR) is 55.2 cm³/mol. The van der Waals surface area contributed by atoms with Crippen LogP contribution in [0.15, 0.2) is 23.4 Å². The van der Waals surface area contributed by atoms with Crippen molar-refractivity contribution >= 4 is 11.7 Å². The summed E-state index contributed by atoms with van der Waals surface area (Å²) in [7, 11) is 1.16. The molecule has 0 spiro atoms. The molecule has 0 amide bonds. The Morgan fingerprint density at radius 3 is 2.78 bits per heavy atom. The summed E-state index contributed by atoms with van der Waals surface area (Å²) < 4.78 is 42.5. The van der Waals surface area contributed by atoms with Gasteiger partial charge in [0.25, 0.3) is 0 Å². The number of halogens is 3. The largest absolute Gasteiger partial charge is 0.464 e. The van der Waals surface area contributed by atoms with Crippen LogP contribution in [0.4, 0.5) is 13.2 Å². The van der Waals surface area contributed by atoms with Gasteiger partial charge in [0, 0.05) is 12.0 Å². The molecule has 0 saturated carbocycles. The maximum absolute atomic E-state index is 12.7. The van der Waals surface area contributed by atoms with Crippen LogP contribution in [0, 0.1) is 0 Å². The summed E-state index contributed by atoms with van der Waals surface area (Å²) >= 11 is 0. The lowest BCUT2D eigenvalue weighted by atomic mass is 10.0. The van der Waals surface area contributed by atoms with Gasteiger partial charge in [-0.15, -0.1) is 0 Å². The molecule has 1 aliphatic rings. The van der Waals surface area contributed by atoms with Crippen molar-refractivity contribution in [2.45, 2.75) is 12.6 Å². The van der Waals surface area contributed by atoms with Crippen LogP contribution < -0.4 is 4.84 Å². The van der Waals surface area contributed by atoms with Crippen molar-refractivity contribution in [2.24, 2.45) is 5.16 Å². The van der Waals surface area contributed by atoms with Crippen molar-refractivity contribution < 1.29 is 27.5 Å². The van der Waals surface area contributed by atoms with Gasteiger partial charge in [0.2, 0.25) is 0 Å². The molecule has 0 bridgehead atoms. The first-order chi connectivity index (χ1) is 8.43. The molecular weight excluding hydrogens is 251 g/mol. The molecular formula is C11H8F3NO3. The molecule has 4 nitrogen and oxygen atoms in total. The molecule has 0 N–H and O–H groups in total. The first kappa shape index (κ1) is 12.4. The third-order valence-electron chi connectivity index (χ3n) is 2.43. The van der Waals surface area contributed by atoms with Gasteiger partial charge in [-0.2, -0.15) is 13.2 Å². The number of nitrogens with zero attached hydrogens (tertiary/aromatic N) is 1. The van der Waals surface area contributed by atoms with E-state index in [1.54, 1.807) is 0 Å². The molecule has 0 fully saturated rings. The molecule has 1 aliphatic heterocycles. The van der Waals surface area contributed by atoms with Crippen LogP contribution in [0.1, 0.15) is 11.1 Å². The minimum Gasteiger partial charge on any atom is -0.464 e. The molecule has 7 heteroatoms. The number of carbonyl (C=O) groups is 1. The number of fused-ring (bicyclic) bond motifs is 1. The van der Waals surface area contributed by atoms with E-state index >= 15 is 0 Å². The number of para-hydroxylation sites is 1. The van der Waals surface area contributed by atoms with Crippen LogP contribution in [0.5, 0.6) is 5.75 Å². The van der Waals surface area contributed by atoms with Gasteiger partial charge in [0.1, 0.15) is 5.56 Å². The Balaban J connectivity index is 2.39. The van der Waals surface area contributed by atoms with E-state index in [2.05, 4.69) is 14.7 Å². The zero-order valence-corrected chi connectivity index (χ0v) is 9.25. The maximum Gasteiger partial charge on any atom is 0.420 e. The van der Waals surface area contributed by atoms with Crippen LogP contribution in [0.2, 0.25) is 0 Å². The SMILES string of the molecule is COC(=O)C1=NOc2c(cccc2C(F)(F)F)C1. The summed E-state index contributed by atoms with van der Waals surface area (Å²) in [4.78, 5) is 15.9. The molecule has 2 rings (SSSR count). The Morgan fingerprint density at radius 1 is 1.44 bits per heavy atom. The molecule has 1 aromatic rings. The Kier molecular flexibility index (Phi) is 2.98. The van der Waals surface area contributed by atoms with Gasteiger partial charge in [0.05, 0.1) is 7.11 Å². The Labute approximate surface area is 100.0 Å². The smallest absolute Gasteiger partial charge is 0.420 e. The van der Waals surface area contributed by atoms with Gasteiger partial charge in [-0.1, -0.05) is 17.3 Å². The molecule has 1 aromatic carbocycles. The number of esters is 1. The second-order valence-electron chi connectivity index (χ2n) is 3.59. The van der Waals surface area contributed by atoms with Crippen molar-refractivity contribution in [1.29, 1.82) is 0 Å². The first-order valence-electron chi connectivity index (χ1n) is 4.94. The quantitative estimate of drug-likeness (QED) is 0.726. The highest BCUT2D eigenvalue weighted by Gasteiger charge is 2.37. The predicted octanol–water partition coefficient (Wildman–Crippen LogP) is 2.17. The molecule has 1 heterocycles. The summed E-state index contributed by atoms with van der Waals surface area (Å²) in [5.74, 6) is -1.09. The van der Waals surface area contributed by atoms with Crippen LogP contribution in [-0.2, 0) is 22.1 Å². The van der Waals surface area contributed by atoms with E-state index < -0.39 is 17.7 Å². The monoisotopic (exact) mass is 259 g/mol. The van der Waals surface area contributed by atoms with Crippen molar-refractivity contribution in [3.63, 3.8) is 0 Å². The minimum absolute atomic E-state index is 0.0497. The third kappa shape index (κ3) is 2.15. The van der Waals surface area contributed by atoms with E-state index in [1.165, 1.54) is 12.1 Å². The lowest BCUT2D eigenvalue weighted by Crippen LogP contribution is -2.23. The number of methoxy groups -OCH3 is 1. The van der Waals surface area contributed by atoms with Gasteiger partial charge >= 0.3 is 12.1 Å². The summed E-state index contributed by atoms with van der Waals surface area (Å²) in [6.45, 7) is 0. The topological polar surface area (TPSA) is 47.9 Å². The van der Waals surface area contributed by atoms with Crippen molar-refractivity contribution in [2.75, 3.05) is 7.11 Å². The summed E-state index contributed by atoms with van der Waals surface area (Å²) in [5.41, 5.74) is -0.725. The first-order valence-corrected chi connectivity index (χ1v) is 4.94. The summed E-state index contributed by atoms with van der Waals surface area (Å²) in [6, 6.07) is 3.60. The number of carbonyl (C=O) groups excluding carboxylic acids is 1. The van der Waals surface area contributed by atoms with Crippen molar-refractivity contribution in [1.82, 2.24) is 0 Å². The van der Waals surface area contributed by atoms with E-state index in [0.29, 0.717) is 0 Å². The number of ether oxygens (including phenoxy) is 1. The second kappa shape index (κ2) is 4.32. The van der Waals surface area contributed by atoms with E-state index in [-0.39, 0.29) is 23.4 Å². The highest BCUT2D eigenvalue weighted by atomic mass is 19.4. The van der Waals surface area contributed by atoms with Gasteiger partial charge in [-0.25, -0.2) is 4.79 Å². The number of oxime groups is 1. The third-order valence-corrected chi connectivity index (χ3v) is 2.43. The zero-order chi connectivity index (χ0) is 13.3. The molecule has 0 radical (unpaired) electrons. The molecule has 0 aliphatic carbocycles. The fourth-order valence-electron chi connectivity index (χ4n) is 1.60. The van der Waals surface area contributed by atoms with Crippen LogP contribution in [-0.4, -0.2) is 18.8 Å². The Hall–Kier alpha value is -2.05. The van der Waals surface area contributed by atoms with Crippen LogP contribution in [0.25, 0.3) is 0 Å². The highest BCUT2D eigenvalue weighted by Crippen LogP contribution is 2.39. The zero-order valence-electron chi connectivity index (χ0n) is 9.25. The Bertz CT molecular complexity index is 523. The van der Waals surface area contributed by atoms with Gasteiger partial charge in [-0.3, -0.25) is 0 Å². The molecule has 0 atom stereocenters. The van der Waals surface area contributed by atoms with E-state index in [1.807, 2.05) is 0 Å². The van der Waals surface area contributed by atoms with Crippen LogP contribution >= 0.6 is 0 Å². The van der Waals surface area contributed by atoms with Crippen molar-refractivity contribution in [3.8, 4) is 5.75 Å². The summed E-state index contributed by atoms with van der Waals surface area (Å²) in [6.07, 6.45) is -4.57. The minimum atomic E-state index is -4.52. The van der Waals surface area contributed by atoms with Gasteiger partial charge in [0.15, 0.2) is 11.5 Å². The average molecular weight is 259 g/mol. The van der Waals surface area contributed by atoms with Crippen molar-refractivity contribution in [3.05, 3.63) is 29.3 Å². The second-order valence-corrected chi connectivity index (χ2v) is 3.59. The molecule has 0 saturated heterocycles. The molecule has 18 heavy (non-hydrogen) atoms. The normalized spacial score (nSPS) is 14.3. The number of benzene rings is 1. The lowest BCUT2D eigenvalue weighted by Gasteiger charge is -2.18. The molecule has 0 aromatic heterocycles. The Morgan fingerprint density at radius 2 is 2.17 bits per heavy atom. The maximum atomic E-state index is 12.7. The number of rotatable bonds is 1. The van der Waals surface area contributed by atoms with Gasteiger partial charge in [-0.05, 0) is 6.07 Å². The number of alkyl halides is 3.